The number of para-hydroxylation sites is 1. The van der Waals surface area contributed by atoms with Crippen molar-refractivity contribution < 1.29 is 14.4 Å². The molecule has 152 valence electrons. The lowest BCUT2D eigenvalue weighted by atomic mass is 9.73. The summed E-state index contributed by atoms with van der Waals surface area (Å²) in [5.41, 5.74) is 0.314. The molecule has 1 saturated heterocycles. The lowest BCUT2D eigenvalue weighted by molar-refractivity contribution is -0.137. The van der Waals surface area contributed by atoms with Crippen molar-refractivity contribution in [2.75, 3.05) is 31.6 Å². The van der Waals surface area contributed by atoms with E-state index >= 15 is 0 Å². The van der Waals surface area contributed by atoms with Crippen LogP contribution in [-0.4, -0.2) is 55.0 Å². The van der Waals surface area contributed by atoms with Crippen molar-refractivity contribution in [2.45, 2.75) is 44.6 Å². The molecule has 1 aromatic carbocycles. The van der Waals surface area contributed by atoms with Crippen LogP contribution >= 0.6 is 0 Å². The van der Waals surface area contributed by atoms with Crippen LogP contribution in [0.25, 0.3) is 0 Å². The molecule has 0 unspecified atom stereocenters. The quantitative estimate of drug-likeness (QED) is 0.556. The van der Waals surface area contributed by atoms with Gasteiger partial charge >= 0.3 is 6.03 Å². The molecule has 1 spiro atoms. The van der Waals surface area contributed by atoms with Crippen molar-refractivity contribution in [3.05, 3.63) is 30.3 Å². The first-order valence-corrected chi connectivity index (χ1v) is 10.1. The molecule has 4 amide bonds. The Kier molecular flexibility index (Phi) is 6.21. The minimum absolute atomic E-state index is 0.0966. The van der Waals surface area contributed by atoms with Gasteiger partial charge in [0, 0.05) is 25.8 Å². The first kappa shape index (κ1) is 20.2. The van der Waals surface area contributed by atoms with E-state index in [4.69, 9.17) is 0 Å². The van der Waals surface area contributed by atoms with Crippen LogP contribution in [0.2, 0.25) is 0 Å². The number of imide groups is 1. The third-order valence-electron chi connectivity index (χ3n) is 5.99. The van der Waals surface area contributed by atoms with Gasteiger partial charge in [0.2, 0.25) is 5.91 Å². The third-order valence-corrected chi connectivity index (χ3v) is 5.99. The molecular formula is C21H30N4O3. The Labute approximate surface area is 166 Å². The molecule has 1 aliphatic heterocycles. The highest BCUT2D eigenvalue weighted by Crippen LogP contribution is 2.38. The van der Waals surface area contributed by atoms with Gasteiger partial charge in [0.1, 0.15) is 12.1 Å². The molecule has 0 bridgehead atoms. The molecule has 0 radical (unpaired) electrons. The average molecular weight is 386 g/mol. The number of urea groups is 1. The molecule has 1 saturated carbocycles. The number of hydrogen-bond acceptors (Lipinski definition) is 4. The molecule has 3 rings (SSSR count). The zero-order chi connectivity index (χ0) is 20.1. The Balaban J connectivity index is 1.44. The second-order valence-electron chi connectivity index (χ2n) is 7.90. The van der Waals surface area contributed by atoms with Crippen LogP contribution < -0.4 is 15.5 Å². The molecule has 2 N–H and O–H groups in total. The van der Waals surface area contributed by atoms with Crippen LogP contribution in [0.3, 0.4) is 0 Å². The predicted octanol–water partition coefficient (Wildman–Crippen LogP) is 2.13. The van der Waals surface area contributed by atoms with Crippen LogP contribution in [0.1, 0.15) is 39.0 Å². The van der Waals surface area contributed by atoms with Crippen molar-refractivity contribution in [1.82, 2.24) is 15.5 Å². The van der Waals surface area contributed by atoms with E-state index in [0.29, 0.717) is 13.0 Å². The summed E-state index contributed by atoms with van der Waals surface area (Å²) in [6, 6.07) is 9.59. The largest absolute Gasteiger partial charge is 0.375 e. The predicted molar refractivity (Wildman–Crippen MR) is 108 cm³/mol. The van der Waals surface area contributed by atoms with E-state index in [1.165, 1.54) is 0 Å². The first-order chi connectivity index (χ1) is 13.4. The third kappa shape index (κ3) is 4.13. The van der Waals surface area contributed by atoms with Crippen LogP contribution in [-0.2, 0) is 9.59 Å². The number of benzene rings is 1. The smallest absolute Gasteiger partial charge is 0.325 e. The molecule has 28 heavy (non-hydrogen) atoms. The van der Waals surface area contributed by atoms with Crippen molar-refractivity contribution in [3.63, 3.8) is 0 Å². The summed E-state index contributed by atoms with van der Waals surface area (Å²) in [6.07, 6.45) is 4.34. The van der Waals surface area contributed by atoms with Crippen LogP contribution in [0.4, 0.5) is 10.5 Å². The van der Waals surface area contributed by atoms with Crippen molar-refractivity contribution in [1.29, 1.82) is 0 Å². The summed E-state index contributed by atoms with van der Waals surface area (Å²) >= 11 is 0. The van der Waals surface area contributed by atoms with E-state index in [0.717, 1.165) is 42.8 Å². The lowest BCUT2D eigenvalue weighted by Crippen LogP contribution is -2.54. The van der Waals surface area contributed by atoms with Gasteiger partial charge in [-0.15, -0.1) is 0 Å². The van der Waals surface area contributed by atoms with E-state index in [-0.39, 0.29) is 24.3 Å². The monoisotopic (exact) mass is 386 g/mol. The Hall–Kier alpha value is -2.57. The number of carbonyl (C=O) groups is 3. The minimum atomic E-state index is -0.811. The summed E-state index contributed by atoms with van der Waals surface area (Å²) in [6.45, 7) is 3.09. The Morgan fingerprint density at radius 2 is 2.04 bits per heavy atom. The molecule has 7 heteroatoms. The number of carbonyl (C=O) groups excluding carboxylic acids is 3. The number of nitrogens with one attached hydrogen (secondary N) is 2. The molecule has 2 atom stereocenters. The van der Waals surface area contributed by atoms with Gasteiger partial charge in [-0.05, 0) is 37.3 Å². The van der Waals surface area contributed by atoms with Crippen molar-refractivity contribution in [3.8, 4) is 0 Å². The normalized spacial score (nSPS) is 24.4. The van der Waals surface area contributed by atoms with Gasteiger partial charge in [0.05, 0.1) is 0 Å². The fourth-order valence-corrected chi connectivity index (χ4v) is 4.19. The van der Waals surface area contributed by atoms with E-state index in [9.17, 15) is 14.4 Å². The molecule has 7 nitrogen and oxygen atoms in total. The fraction of sp³-hybridized carbons (Fsp3) is 0.571. The van der Waals surface area contributed by atoms with Gasteiger partial charge in [-0.1, -0.05) is 38.0 Å². The Morgan fingerprint density at radius 1 is 1.29 bits per heavy atom. The van der Waals surface area contributed by atoms with Gasteiger partial charge in [0.25, 0.3) is 5.91 Å². The molecule has 2 fully saturated rings. The maximum absolute atomic E-state index is 12.9. The molecule has 1 aromatic rings. The highest BCUT2D eigenvalue weighted by Gasteiger charge is 2.55. The van der Waals surface area contributed by atoms with Crippen LogP contribution in [0.15, 0.2) is 30.3 Å². The average Bonchev–Trinajstić information content (AvgIpc) is 2.93. The Bertz CT molecular complexity index is 724. The molecule has 1 aliphatic carbocycles. The van der Waals surface area contributed by atoms with Crippen molar-refractivity contribution >= 4 is 23.5 Å². The maximum Gasteiger partial charge on any atom is 0.325 e. The van der Waals surface area contributed by atoms with Gasteiger partial charge < -0.3 is 15.5 Å². The standard InChI is InChI=1S/C21H30N4O3/c1-16-9-6-7-12-21(16)19(27)25(20(28)23-21)15-18(26)22-13-8-14-24(2)17-10-4-3-5-11-17/h3-5,10-11,16H,6-9,12-15H2,1-2H3,(H,22,26)(H,23,28)/t16-,21+/m0/s1. The van der Waals surface area contributed by atoms with Gasteiger partial charge in [-0.3, -0.25) is 14.5 Å². The second-order valence-corrected chi connectivity index (χ2v) is 7.90. The maximum atomic E-state index is 12.9. The summed E-state index contributed by atoms with van der Waals surface area (Å²) in [4.78, 5) is 40.7. The zero-order valence-corrected chi connectivity index (χ0v) is 16.7. The zero-order valence-electron chi connectivity index (χ0n) is 16.7. The van der Waals surface area contributed by atoms with E-state index in [1.54, 1.807) is 0 Å². The van der Waals surface area contributed by atoms with Gasteiger partial charge in [0.15, 0.2) is 0 Å². The summed E-state index contributed by atoms with van der Waals surface area (Å²) in [5.74, 6) is -0.450. The number of nitrogens with zero attached hydrogens (tertiary/aromatic N) is 2. The van der Waals surface area contributed by atoms with E-state index in [2.05, 4.69) is 15.5 Å². The SMILES string of the molecule is C[C@H]1CCCC[C@@]12NC(=O)N(CC(=O)NCCCN(C)c1ccccc1)C2=O. The summed E-state index contributed by atoms with van der Waals surface area (Å²) in [5, 5.41) is 5.70. The Morgan fingerprint density at radius 3 is 2.75 bits per heavy atom. The van der Waals surface area contributed by atoms with Gasteiger partial charge in [-0.25, -0.2) is 4.79 Å². The number of anilines is 1. The second kappa shape index (κ2) is 8.63. The van der Waals surface area contributed by atoms with Crippen molar-refractivity contribution in [2.24, 2.45) is 5.92 Å². The number of amides is 4. The lowest BCUT2D eigenvalue weighted by Gasteiger charge is -2.36. The minimum Gasteiger partial charge on any atom is -0.375 e. The fourth-order valence-electron chi connectivity index (χ4n) is 4.19. The summed E-state index contributed by atoms with van der Waals surface area (Å²) < 4.78 is 0. The number of hydrogen-bond donors (Lipinski definition) is 2. The number of rotatable bonds is 7. The van der Waals surface area contributed by atoms with E-state index in [1.807, 2.05) is 44.3 Å². The van der Waals surface area contributed by atoms with Crippen LogP contribution in [0, 0.1) is 5.92 Å². The molecule has 0 aromatic heterocycles. The summed E-state index contributed by atoms with van der Waals surface area (Å²) in [7, 11) is 2.01. The van der Waals surface area contributed by atoms with Crippen LogP contribution in [0.5, 0.6) is 0 Å². The molecule has 1 heterocycles. The first-order valence-electron chi connectivity index (χ1n) is 10.1. The molecular weight excluding hydrogens is 356 g/mol. The topological polar surface area (TPSA) is 81.8 Å². The highest BCUT2D eigenvalue weighted by atomic mass is 16.2. The highest BCUT2D eigenvalue weighted by molar-refractivity contribution is 6.09. The molecule has 2 aliphatic rings. The van der Waals surface area contributed by atoms with Gasteiger partial charge in [-0.2, -0.15) is 0 Å². The van der Waals surface area contributed by atoms with E-state index < -0.39 is 11.6 Å².